The number of pyridine rings is 1. The molecule has 1 aliphatic heterocycles. The summed E-state index contributed by atoms with van der Waals surface area (Å²) in [6.07, 6.45) is 3.56. The molecule has 2 aromatic rings. The van der Waals surface area contributed by atoms with Crippen LogP contribution in [-0.2, 0) is 4.74 Å². The van der Waals surface area contributed by atoms with Crippen LogP contribution in [0.2, 0.25) is 0 Å². The van der Waals surface area contributed by atoms with Crippen LogP contribution in [0.25, 0.3) is 10.9 Å². The highest BCUT2D eigenvalue weighted by molar-refractivity contribution is 5.80. The zero-order chi connectivity index (χ0) is 10.1. The highest BCUT2D eigenvalue weighted by Gasteiger charge is 2.08. The van der Waals surface area contributed by atoms with E-state index in [1.54, 1.807) is 6.26 Å². The standard InChI is InChI=1S/C12H10N2O/c1-2-4-11-10(3-1)5-6-12(13-11)14-7-8-15-9-14/h1-8H,9H2. The number of rotatable bonds is 1. The van der Waals surface area contributed by atoms with Gasteiger partial charge in [-0.25, -0.2) is 4.98 Å². The Kier molecular flexibility index (Phi) is 1.81. The van der Waals surface area contributed by atoms with Crippen LogP contribution >= 0.6 is 0 Å². The lowest BCUT2D eigenvalue weighted by molar-refractivity contribution is 0.281. The number of para-hydroxylation sites is 1. The smallest absolute Gasteiger partial charge is 0.165 e. The second kappa shape index (κ2) is 3.28. The molecule has 0 fully saturated rings. The Morgan fingerprint density at radius 2 is 2.07 bits per heavy atom. The molecule has 0 bridgehead atoms. The van der Waals surface area contributed by atoms with Crippen molar-refractivity contribution in [2.45, 2.75) is 0 Å². The van der Waals surface area contributed by atoms with Crippen LogP contribution in [0.5, 0.6) is 0 Å². The second-order valence-electron chi connectivity index (χ2n) is 3.41. The Balaban J connectivity index is 2.09. The predicted molar refractivity (Wildman–Crippen MR) is 59.3 cm³/mol. The fourth-order valence-corrected chi connectivity index (χ4v) is 1.64. The Morgan fingerprint density at radius 3 is 2.93 bits per heavy atom. The molecule has 3 heteroatoms. The van der Waals surface area contributed by atoms with Gasteiger partial charge >= 0.3 is 0 Å². The van der Waals surface area contributed by atoms with E-state index in [9.17, 15) is 0 Å². The number of fused-ring (bicyclic) bond motifs is 1. The average molecular weight is 198 g/mol. The number of aromatic nitrogens is 1. The molecule has 1 aromatic heterocycles. The Bertz CT molecular complexity index is 522. The van der Waals surface area contributed by atoms with Gasteiger partial charge in [0.05, 0.1) is 5.52 Å². The normalized spacial score (nSPS) is 14.5. The summed E-state index contributed by atoms with van der Waals surface area (Å²) in [5.74, 6) is 0.919. The molecule has 0 aliphatic carbocycles. The van der Waals surface area contributed by atoms with Gasteiger partial charge in [0.25, 0.3) is 0 Å². The first-order chi connectivity index (χ1) is 7.43. The average Bonchev–Trinajstić information content (AvgIpc) is 2.82. The van der Waals surface area contributed by atoms with Gasteiger partial charge in [-0.05, 0) is 18.2 Å². The molecule has 1 aliphatic rings. The minimum atomic E-state index is 0.547. The number of ether oxygens (including phenoxy) is 1. The van der Waals surface area contributed by atoms with E-state index >= 15 is 0 Å². The molecule has 0 spiro atoms. The first-order valence-electron chi connectivity index (χ1n) is 4.84. The summed E-state index contributed by atoms with van der Waals surface area (Å²) >= 11 is 0. The summed E-state index contributed by atoms with van der Waals surface area (Å²) < 4.78 is 5.13. The van der Waals surface area contributed by atoms with Crippen molar-refractivity contribution in [3.63, 3.8) is 0 Å². The molecule has 3 rings (SSSR count). The Morgan fingerprint density at radius 1 is 1.13 bits per heavy atom. The Labute approximate surface area is 87.6 Å². The van der Waals surface area contributed by atoms with Crippen molar-refractivity contribution in [1.82, 2.24) is 4.98 Å². The van der Waals surface area contributed by atoms with Crippen LogP contribution in [0, 0.1) is 0 Å². The van der Waals surface area contributed by atoms with Crippen LogP contribution < -0.4 is 4.90 Å². The van der Waals surface area contributed by atoms with E-state index < -0.39 is 0 Å². The number of benzene rings is 1. The van der Waals surface area contributed by atoms with Crippen molar-refractivity contribution in [2.24, 2.45) is 0 Å². The third-order valence-electron chi connectivity index (χ3n) is 2.43. The van der Waals surface area contributed by atoms with E-state index in [-0.39, 0.29) is 0 Å². The van der Waals surface area contributed by atoms with Crippen LogP contribution in [0.3, 0.4) is 0 Å². The lowest BCUT2D eigenvalue weighted by Crippen LogP contribution is -2.14. The summed E-state index contributed by atoms with van der Waals surface area (Å²) in [6.45, 7) is 0.547. The van der Waals surface area contributed by atoms with Crippen molar-refractivity contribution in [3.8, 4) is 0 Å². The lowest BCUT2D eigenvalue weighted by Gasteiger charge is -2.12. The van der Waals surface area contributed by atoms with Gasteiger partial charge < -0.3 is 4.74 Å². The molecular formula is C12H10N2O. The quantitative estimate of drug-likeness (QED) is 0.704. The summed E-state index contributed by atoms with van der Waals surface area (Å²) in [5.41, 5.74) is 1.01. The molecule has 0 unspecified atom stereocenters. The monoisotopic (exact) mass is 198 g/mol. The molecular weight excluding hydrogens is 188 g/mol. The molecule has 0 N–H and O–H groups in total. The van der Waals surface area contributed by atoms with Gasteiger partial charge in [0.1, 0.15) is 12.1 Å². The van der Waals surface area contributed by atoms with Crippen molar-refractivity contribution in [3.05, 3.63) is 48.9 Å². The van der Waals surface area contributed by atoms with Crippen molar-refractivity contribution >= 4 is 16.7 Å². The largest absolute Gasteiger partial charge is 0.479 e. The number of anilines is 1. The molecule has 0 radical (unpaired) electrons. The molecule has 3 nitrogen and oxygen atoms in total. The number of hydrogen-bond donors (Lipinski definition) is 0. The van der Waals surface area contributed by atoms with E-state index in [4.69, 9.17) is 4.74 Å². The van der Waals surface area contributed by atoms with Gasteiger partial charge in [0.2, 0.25) is 0 Å². The Hall–Kier alpha value is -2.03. The van der Waals surface area contributed by atoms with E-state index in [1.165, 1.54) is 0 Å². The van der Waals surface area contributed by atoms with E-state index in [1.807, 2.05) is 35.4 Å². The third-order valence-corrected chi connectivity index (χ3v) is 2.43. The fraction of sp³-hybridized carbons (Fsp3) is 0.0833. The maximum Gasteiger partial charge on any atom is 0.165 e. The zero-order valence-corrected chi connectivity index (χ0v) is 8.13. The highest BCUT2D eigenvalue weighted by atomic mass is 16.5. The SMILES string of the molecule is C1=CN(c2ccc3ccccc3n2)CO1. The minimum Gasteiger partial charge on any atom is -0.479 e. The van der Waals surface area contributed by atoms with Gasteiger partial charge in [-0.2, -0.15) is 0 Å². The van der Waals surface area contributed by atoms with Crippen LogP contribution in [0.4, 0.5) is 5.82 Å². The number of nitrogens with zero attached hydrogens (tertiary/aromatic N) is 2. The fourth-order valence-electron chi connectivity index (χ4n) is 1.64. The third kappa shape index (κ3) is 1.42. The van der Waals surface area contributed by atoms with Gasteiger partial charge in [0, 0.05) is 11.6 Å². The topological polar surface area (TPSA) is 25.4 Å². The van der Waals surface area contributed by atoms with E-state index in [0.717, 1.165) is 16.7 Å². The highest BCUT2D eigenvalue weighted by Crippen LogP contribution is 2.19. The first kappa shape index (κ1) is 8.29. The first-order valence-corrected chi connectivity index (χ1v) is 4.84. The van der Waals surface area contributed by atoms with Crippen molar-refractivity contribution < 1.29 is 4.74 Å². The maximum atomic E-state index is 5.13. The predicted octanol–water partition coefficient (Wildman–Crippen LogP) is 2.50. The van der Waals surface area contributed by atoms with Crippen LogP contribution in [0.1, 0.15) is 0 Å². The molecule has 2 heterocycles. The summed E-state index contributed by atoms with van der Waals surface area (Å²) in [4.78, 5) is 6.52. The molecule has 15 heavy (non-hydrogen) atoms. The number of hydrogen-bond acceptors (Lipinski definition) is 3. The van der Waals surface area contributed by atoms with E-state index in [2.05, 4.69) is 17.1 Å². The molecule has 1 aromatic carbocycles. The molecule has 0 saturated carbocycles. The van der Waals surface area contributed by atoms with Crippen LogP contribution in [-0.4, -0.2) is 11.7 Å². The summed E-state index contributed by atoms with van der Waals surface area (Å²) in [6, 6.07) is 12.2. The lowest BCUT2D eigenvalue weighted by atomic mass is 10.2. The van der Waals surface area contributed by atoms with Crippen molar-refractivity contribution in [2.75, 3.05) is 11.6 Å². The second-order valence-corrected chi connectivity index (χ2v) is 3.41. The van der Waals surface area contributed by atoms with Crippen LogP contribution in [0.15, 0.2) is 48.9 Å². The van der Waals surface area contributed by atoms with Crippen molar-refractivity contribution in [1.29, 1.82) is 0 Å². The maximum absolute atomic E-state index is 5.13. The zero-order valence-electron chi connectivity index (χ0n) is 8.13. The molecule has 74 valence electrons. The minimum absolute atomic E-state index is 0.547. The van der Waals surface area contributed by atoms with Gasteiger partial charge in [-0.15, -0.1) is 0 Å². The molecule has 0 amide bonds. The summed E-state index contributed by atoms with van der Waals surface area (Å²) in [5, 5.41) is 1.16. The molecule has 0 atom stereocenters. The summed E-state index contributed by atoms with van der Waals surface area (Å²) in [7, 11) is 0. The van der Waals surface area contributed by atoms with E-state index in [0.29, 0.717) is 6.73 Å². The molecule has 0 saturated heterocycles. The van der Waals surface area contributed by atoms with Gasteiger partial charge in [-0.3, -0.25) is 4.90 Å². The van der Waals surface area contributed by atoms with Gasteiger partial charge in [-0.1, -0.05) is 18.2 Å². The van der Waals surface area contributed by atoms with Gasteiger partial charge in [0.15, 0.2) is 6.73 Å².